The second kappa shape index (κ2) is 4.80. The van der Waals surface area contributed by atoms with Crippen LogP contribution in [-0.2, 0) is 9.59 Å². The Kier molecular flexibility index (Phi) is 2.98. The Morgan fingerprint density at radius 3 is 2.85 bits per heavy atom. The predicted molar refractivity (Wildman–Crippen MR) is 70.1 cm³/mol. The Hall–Kier alpha value is -2.63. The number of amides is 2. The molecule has 1 aliphatic heterocycles. The number of piperidine rings is 1. The van der Waals surface area contributed by atoms with Gasteiger partial charge >= 0.3 is 0 Å². The zero-order valence-electron chi connectivity index (χ0n) is 10.5. The third-order valence-electron chi connectivity index (χ3n) is 3.49. The Balaban J connectivity index is 2.15. The van der Waals surface area contributed by atoms with Crippen molar-refractivity contribution in [3.05, 3.63) is 35.7 Å². The average Bonchev–Trinajstić information content (AvgIpc) is 2.46. The van der Waals surface area contributed by atoms with Crippen LogP contribution in [0.25, 0.3) is 10.8 Å². The largest absolute Gasteiger partial charge is 0.296 e. The quantitative estimate of drug-likeness (QED) is 0.648. The fraction of sp³-hybridized carbons (Fsp3) is 0.214. The van der Waals surface area contributed by atoms with Gasteiger partial charge in [-0.15, -0.1) is 5.10 Å². The molecule has 20 heavy (non-hydrogen) atoms. The van der Waals surface area contributed by atoms with Gasteiger partial charge < -0.3 is 0 Å². The lowest BCUT2D eigenvalue weighted by Crippen LogP contribution is -2.39. The molecule has 2 aromatic rings. The van der Waals surface area contributed by atoms with Crippen LogP contribution in [0.3, 0.4) is 0 Å². The molecule has 0 aliphatic carbocycles. The van der Waals surface area contributed by atoms with Gasteiger partial charge in [-0.25, -0.2) is 0 Å². The van der Waals surface area contributed by atoms with Crippen LogP contribution in [0.5, 0.6) is 0 Å². The summed E-state index contributed by atoms with van der Waals surface area (Å²) in [6.07, 6.45) is 2.96. The number of aromatic nitrogens is 2. The minimum absolute atomic E-state index is 0.247. The van der Waals surface area contributed by atoms with Gasteiger partial charge in [-0.1, -0.05) is 18.2 Å². The molecular weight excluding hydrogens is 258 g/mol. The number of nitrogens with one attached hydrogen (secondary N) is 1. The summed E-state index contributed by atoms with van der Waals surface area (Å²) in [7, 11) is 0. The second-order valence-electron chi connectivity index (χ2n) is 4.66. The van der Waals surface area contributed by atoms with E-state index in [4.69, 9.17) is 0 Å². The highest BCUT2D eigenvalue weighted by atomic mass is 16.2. The molecule has 1 N–H and O–H groups in total. The van der Waals surface area contributed by atoms with Crippen LogP contribution in [0.2, 0.25) is 0 Å². The molecule has 1 aromatic carbocycles. The van der Waals surface area contributed by atoms with E-state index in [1.165, 1.54) is 0 Å². The number of rotatable bonds is 2. The van der Waals surface area contributed by atoms with Gasteiger partial charge in [-0.3, -0.25) is 19.7 Å². The van der Waals surface area contributed by atoms with Crippen LogP contribution >= 0.6 is 0 Å². The van der Waals surface area contributed by atoms with E-state index in [-0.39, 0.29) is 17.5 Å². The summed E-state index contributed by atoms with van der Waals surface area (Å²) in [4.78, 5) is 34.2. The molecule has 0 radical (unpaired) electrons. The second-order valence-corrected chi connectivity index (χ2v) is 4.66. The van der Waals surface area contributed by atoms with Crippen LogP contribution in [0.4, 0.5) is 0 Å². The number of aldehydes is 1. The molecule has 0 spiro atoms. The fourth-order valence-corrected chi connectivity index (χ4v) is 2.53. The van der Waals surface area contributed by atoms with Crippen molar-refractivity contribution < 1.29 is 14.4 Å². The van der Waals surface area contributed by atoms with Crippen LogP contribution in [-0.4, -0.2) is 28.3 Å². The van der Waals surface area contributed by atoms with Crippen LogP contribution in [0.1, 0.15) is 34.8 Å². The minimum Gasteiger partial charge on any atom is -0.296 e. The van der Waals surface area contributed by atoms with Crippen molar-refractivity contribution in [2.45, 2.75) is 18.8 Å². The van der Waals surface area contributed by atoms with E-state index in [1.54, 1.807) is 18.3 Å². The van der Waals surface area contributed by atoms with Gasteiger partial charge in [0.1, 0.15) is 5.69 Å². The zero-order valence-corrected chi connectivity index (χ0v) is 10.5. The lowest BCUT2D eigenvalue weighted by molar-refractivity contribution is -0.134. The normalized spacial score (nSPS) is 18.9. The third kappa shape index (κ3) is 1.95. The van der Waals surface area contributed by atoms with Crippen molar-refractivity contribution >= 4 is 28.9 Å². The summed E-state index contributed by atoms with van der Waals surface area (Å²) in [5.74, 6) is -0.960. The molecule has 6 heteroatoms. The van der Waals surface area contributed by atoms with Crippen molar-refractivity contribution in [1.82, 2.24) is 15.5 Å². The van der Waals surface area contributed by atoms with Gasteiger partial charge in [0.2, 0.25) is 11.8 Å². The highest BCUT2D eigenvalue weighted by Gasteiger charge is 2.29. The molecule has 2 heterocycles. The molecule has 1 saturated heterocycles. The maximum Gasteiger partial charge on any atom is 0.234 e. The number of carbonyl (C=O) groups excluding carboxylic acids is 3. The SMILES string of the molecule is O=Cc1nncc2c(C3CCC(=O)NC3=O)cccc12. The predicted octanol–water partition coefficient (Wildman–Crippen LogP) is 0.962. The Labute approximate surface area is 114 Å². The molecule has 0 saturated carbocycles. The molecule has 3 rings (SSSR count). The lowest BCUT2D eigenvalue weighted by atomic mass is 9.87. The first kappa shape index (κ1) is 12.4. The van der Waals surface area contributed by atoms with Crippen molar-refractivity contribution in [1.29, 1.82) is 0 Å². The minimum atomic E-state index is -0.403. The number of nitrogens with zero attached hydrogens (tertiary/aromatic N) is 2. The van der Waals surface area contributed by atoms with E-state index in [1.807, 2.05) is 6.07 Å². The molecule has 100 valence electrons. The molecule has 1 aliphatic rings. The van der Waals surface area contributed by atoms with Crippen LogP contribution in [0.15, 0.2) is 24.4 Å². The van der Waals surface area contributed by atoms with E-state index in [0.717, 1.165) is 10.9 Å². The molecule has 1 aromatic heterocycles. The standard InChI is InChI=1S/C14H11N3O3/c18-7-12-9-3-1-2-8(11(9)6-15-17-12)10-4-5-13(19)16-14(10)20/h1-3,6-7,10H,4-5H2,(H,16,19,20). The maximum absolute atomic E-state index is 12.0. The highest BCUT2D eigenvalue weighted by Crippen LogP contribution is 2.30. The van der Waals surface area contributed by atoms with E-state index < -0.39 is 5.92 Å². The molecule has 2 amide bonds. The Morgan fingerprint density at radius 2 is 2.10 bits per heavy atom. The molecular formula is C14H11N3O3. The Bertz CT molecular complexity index is 727. The van der Waals surface area contributed by atoms with Crippen LogP contribution in [0, 0.1) is 0 Å². The van der Waals surface area contributed by atoms with Gasteiger partial charge in [-0.2, -0.15) is 5.10 Å². The smallest absolute Gasteiger partial charge is 0.234 e. The number of hydrogen-bond donors (Lipinski definition) is 1. The van der Waals surface area contributed by atoms with Crippen molar-refractivity contribution in [3.8, 4) is 0 Å². The summed E-state index contributed by atoms with van der Waals surface area (Å²) in [5.41, 5.74) is 1.02. The summed E-state index contributed by atoms with van der Waals surface area (Å²) < 4.78 is 0. The first-order valence-electron chi connectivity index (χ1n) is 6.24. The van der Waals surface area contributed by atoms with Gasteiger partial charge in [0, 0.05) is 17.2 Å². The number of imide groups is 1. The summed E-state index contributed by atoms with van der Waals surface area (Å²) >= 11 is 0. The van der Waals surface area contributed by atoms with E-state index in [9.17, 15) is 14.4 Å². The van der Waals surface area contributed by atoms with Gasteiger partial charge in [0.15, 0.2) is 6.29 Å². The average molecular weight is 269 g/mol. The third-order valence-corrected chi connectivity index (χ3v) is 3.49. The van der Waals surface area contributed by atoms with Gasteiger partial charge in [-0.05, 0) is 12.0 Å². The zero-order chi connectivity index (χ0) is 14.1. The van der Waals surface area contributed by atoms with E-state index in [2.05, 4.69) is 15.5 Å². The lowest BCUT2D eigenvalue weighted by Gasteiger charge is -2.22. The first-order valence-corrected chi connectivity index (χ1v) is 6.24. The van der Waals surface area contributed by atoms with E-state index >= 15 is 0 Å². The Morgan fingerprint density at radius 1 is 1.25 bits per heavy atom. The molecule has 1 atom stereocenters. The monoisotopic (exact) mass is 269 g/mol. The topological polar surface area (TPSA) is 89.0 Å². The molecule has 1 fully saturated rings. The molecule has 1 unspecified atom stereocenters. The van der Waals surface area contributed by atoms with Gasteiger partial charge in [0.25, 0.3) is 0 Å². The molecule has 6 nitrogen and oxygen atoms in total. The summed E-state index contributed by atoms with van der Waals surface area (Å²) in [5, 5.41) is 11.3. The maximum atomic E-state index is 12.0. The number of carbonyl (C=O) groups is 3. The number of hydrogen-bond acceptors (Lipinski definition) is 5. The van der Waals surface area contributed by atoms with Crippen molar-refractivity contribution in [3.63, 3.8) is 0 Å². The number of fused-ring (bicyclic) bond motifs is 1. The van der Waals surface area contributed by atoms with Crippen molar-refractivity contribution in [2.75, 3.05) is 0 Å². The van der Waals surface area contributed by atoms with Crippen LogP contribution < -0.4 is 5.32 Å². The summed E-state index contributed by atoms with van der Waals surface area (Å²) in [6.45, 7) is 0. The molecule has 0 bridgehead atoms. The fourth-order valence-electron chi connectivity index (χ4n) is 2.53. The first-order chi connectivity index (χ1) is 9.70. The summed E-state index contributed by atoms with van der Waals surface area (Å²) in [6, 6.07) is 5.36. The van der Waals surface area contributed by atoms with Crippen molar-refractivity contribution in [2.24, 2.45) is 0 Å². The van der Waals surface area contributed by atoms with E-state index in [0.29, 0.717) is 24.5 Å². The van der Waals surface area contributed by atoms with Gasteiger partial charge in [0.05, 0.1) is 12.1 Å². The highest BCUT2D eigenvalue weighted by molar-refractivity contribution is 6.04. The number of benzene rings is 1.